The van der Waals surface area contributed by atoms with Gasteiger partial charge in [-0.05, 0) is 6.42 Å². The Morgan fingerprint density at radius 3 is 2.70 bits per heavy atom. The fourth-order valence-corrected chi connectivity index (χ4v) is 2.71. The topological polar surface area (TPSA) is 37.3 Å². The highest BCUT2D eigenvalue weighted by atomic mass is 33.1. The van der Waals surface area contributed by atoms with Gasteiger partial charge in [-0.1, -0.05) is 28.5 Å². The molecule has 62 valence electrons. The summed E-state index contributed by atoms with van der Waals surface area (Å²) in [5.41, 5.74) is 0. The Bertz CT molecular complexity index is 96.9. The highest BCUT2D eigenvalue weighted by Crippen LogP contribution is 2.20. The molecule has 0 amide bonds. The van der Waals surface area contributed by atoms with E-state index in [4.69, 9.17) is 4.55 Å². The van der Waals surface area contributed by atoms with Crippen LogP contribution in [0.5, 0.6) is 0 Å². The van der Waals surface area contributed by atoms with Crippen LogP contribution >= 0.6 is 21.6 Å². The van der Waals surface area contributed by atoms with Crippen LogP contribution in [0.15, 0.2) is 0 Å². The molecular weight excluding hydrogens is 188 g/mol. The molecule has 0 aromatic carbocycles. The van der Waals surface area contributed by atoms with Crippen molar-refractivity contribution in [1.29, 1.82) is 0 Å². The normalized spacial score (nSPS) is 13.4. The van der Waals surface area contributed by atoms with Gasteiger partial charge >= 0.3 is 0 Å². The third-order valence-corrected chi connectivity index (χ3v) is 3.95. The van der Waals surface area contributed by atoms with Crippen LogP contribution in [0.4, 0.5) is 0 Å². The molecule has 0 aliphatic rings. The Labute approximate surface area is 72.2 Å². The minimum atomic E-state index is -1.59. The highest BCUT2D eigenvalue weighted by Gasteiger charge is 1.93. The second kappa shape index (κ2) is 7.91. The summed E-state index contributed by atoms with van der Waals surface area (Å²) in [7, 11) is 3.56. The number of hydrogen-bond acceptors (Lipinski definition) is 3. The number of rotatable bonds is 6. The minimum Gasteiger partial charge on any atom is -0.306 e. The summed E-state index contributed by atoms with van der Waals surface area (Å²) < 4.78 is 18.5. The van der Waals surface area contributed by atoms with Crippen molar-refractivity contribution in [2.45, 2.75) is 13.3 Å². The fourth-order valence-electron chi connectivity index (χ4n) is 0.384. The molecule has 1 atom stereocenters. The van der Waals surface area contributed by atoms with Crippen LogP contribution in [0.2, 0.25) is 0 Å². The third kappa shape index (κ3) is 8.81. The molecule has 0 aliphatic heterocycles. The van der Waals surface area contributed by atoms with E-state index in [1.807, 2.05) is 0 Å². The Morgan fingerprint density at radius 2 is 2.20 bits per heavy atom. The first-order chi connectivity index (χ1) is 4.77. The molecule has 0 spiro atoms. The highest BCUT2D eigenvalue weighted by molar-refractivity contribution is 8.76. The average Bonchev–Trinajstić information content (AvgIpc) is 1.87. The summed E-state index contributed by atoms with van der Waals surface area (Å²) in [6.45, 7) is 2.10. The molecule has 1 N–H and O–H groups in total. The van der Waals surface area contributed by atoms with Crippen molar-refractivity contribution >= 4 is 32.7 Å². The Kier molecular flexibility index (Phi) is 8.55. The molecule has 0 radical (unpaired) electrons. The second-order valence-corrected chi connectivity index (χ2v) is 5.53. The van der Waals surface area contributed by atoms with Gasteiger partial charge in [-0.3, -0.25) is 0 Å². The largest absolute Gasteiger partial charge is 0.306 e. The molecule has 0 bridgehead atoms. The summed E-state index contributed by atoms with van der Waals surface area (Å²) in [4.78, 5) is 0. The third-order valence-electron chi connectivity index (χ3n) is 0.748. The molecule has 0 saturated carbocycles. The van der Waals surface area contributed by atoms with Gasteiger partial charge < -0.3 is 4.55 Å². The summed E-state index contributed by atoms with van der Waals surface area (Å²) in [5.74, 6) is 2.50. The van der Waals surface area contributed by atoms with Gasteiger partial charge in [0.05, 0.1) is 5.75 Å². The first-order valence-electron chi connectivity index (χ1n) is 3.09. The van der Waals surface area contributed by atoms with Crippen LogP contribution in [-0.4, -0.2) is 26.0 Å². The SMILES string of the molecule is CCSSCCCS(=O)O. The molecular formula is C5H12O2S3. The van der Waals surface area contributed by atoms with Gasteiger partial charge in [0, 0.05) is 11.5 Å². The molecule has 0 saturated heterocycles. The van der Waals surface area contributed by atoms with Gasteiger partial charge in [-0.25, -0.2) is 4.21 Å². The van der Waals surface area contributed by atoms with Crippen molar-refractivity contribution in [2.24, 2.45) is 0 Å². The molecule has 1 unspecified atom stereocenters. The van der Waals surface area contributed by atoms with E-state index < -0.39 is 11.1 Å². The maximum Gasteiger partial charge on any atom is 0.152 e. The predicted octanol–water partition coefficient (Wildman–Crippen LogP) is 2.00. The van der Waals surface area contributed by atoms with E-state index >= 15 is 0 Å². The van der Waals surface area contributed by atoms with Gasteiger partial charge in [0.15, 0.2) is 11.1 Å². The standard InChI is InChI=1S/C5H12O2S3/c1-2-8-9-4-3-5-10(6)7/h2-5H2,1H3,(H,6,7). The first kappa shape index (κ1) is 10.8. The van der Waals surface area contributed by atoms with E-state index in [0.29, 0.717) is 5.75 Å². The lowest BCUT2D eigenvalue weighted by molar-refractivity contribution is 0.563. The zero-order valence-electron chi connectivity index (χ0n) is 5.91. The van der Waals surface area contributed by atoms with E-state index in [2.05, 4.69) is 6.92 Å². The van der Waals surface area contributed by atoms with Crippen LogP contribution in [-0.2, 0) is 11.1 Å². The van der Waals surface area contributed by atoms with Crippen LogP contribution in [0.3, 0.4) is 0 Å². The fraction of sp³-hybridized carbons (Fsp3) is 1.00. The molecule has 0 fully saturated rings. The van der Waals surface area contributed by atoms with Gasteiger partial charge in [-0.2, -0.15) is 0 Å². The quantitative estimate of drug-likeness (QED) is 0.404. The van der Waals surface area contributed by atoms with Crippen LogP contribution < -0.4 is 0 Å². The molecule has 10 heavy (non-hydrogen) atoms. The molecule has 0 heterocycles. The lowest BCUT2D eigenvalue weighted by Crippen LogP contribution is -1.95. The van der Waals surface area contributed by atoms with Gasteiger partial charge in [0.2, 0.25) is 0 Å². The summed E-state index contributed by atoms with van der Waals surface area (Å²) in [5, 5.41) is 0. The van der Waals surface area contributed by atoms with Gasteiger partial charge in [0.1, 0.15) is 0 Å². The zero-order valence-corrected chi connectivity index (χ0v) is 8.36. The maximum atomic E-state index is 10.1. The van der Waals surface area contributed by atoms with Crippen LogP contribution in [0.25, 0.3) is 0 Å². The second-order valence-electron chi connectivity index (χ2n) is 1.61. The lowest BCUT2D eigenvalue weighted by atomic mass is 10.6. The molecule has 5 heteroatoms. The van der Waals surface area contributed by atoms with Crippen molar-refractivity contribution in [3.8, 4) is 0 Å². The van der Waals surface area contributed by atoms with Crippen molar-refractivity contribution in [3.05, 3.63) is 0 Å². The monoisotopic (exact) mass is 200 g/mol. The predicted molar refractivity (Wildman–Crippen MR) is 50.8 cm³/mol. The zero-order chi connectivity index (χ0) is 7.82. The lowest BCUT2D eigenvalue weighted by Gasteiger charge is -1.95. The van der Waals surface area contributed by atoms with E-state index in [9.17, 15) is 4.21 Å². The van der Waals surface area contributed by atoms with Gasteiger partial charge in [0.25, 0.3) is 0 Å². The molecule has 2 nitrogen and oxygen atoms in total. The summed E-state index contributed by atoms with van der Waals surface area (Å²) in [6.07, 6.45) is 0.834. The smallest absolute Gasteiger partial charge is 0.152 e. The van der Waals surface area contributed by atoms with Crippen LogP contribution in [0.1, 0.15) is 13.3 Å². The number of hydrogen-bond donors (Lipinski definition) is 1. The van der Waals surface area contributed by atoms with E-state index in [0.717, 1.165) is 17.9 Å². The average molecular weight is 200 g/mol. The maximum absolute atomic E-state index is 10.1. The van der Waals surface area contributed by atoms with Crippen molar-refractivity contribution in [2.75, 3.05) is 17.3 Å². The van der Waals surface area contributed by atoms with Crippen molar-refractivity contribution in [3.63, 3.8) is 0 Å². The first-order valence-corrected chi connectivity index (χ1v) is 6.85. The van der Waals surface area contributed by atoms with Gasteiger partial charge in [-0.15, -0.1) is 0 Å². The molecule has 0 aromatic rings. The Hall–Kier alpha value is 0.810. The van der Waals surface area contributed by atoms with Crippen molar-refractivity contribution < 1.29 is 8.76 Å². The van der Waals surface area contributed by atoms with E-state index in [1.165, 1.54) is 0 Å². The van der Waals surface area contributed by atoms with E-state index in [-0.39, 0.29) is 0 Å². The van der Waals surface area contributed by atoms with E-state index in [1.54, 1.807) is 21.6 Å². The van der Waals surface area contributed by atoms with Crippen LogP contribution in [0, 0.1) is 0 Å². The Balaban J connectivity index is 2.84. The van der Waals surface area contributed by atoms with Crippen molar-refractivity contribution in [1.82, 2.24) is 0 Å². The molecule has 0 aromatic heterocycles. The summed E-state index contributed by atoms with van der Waals surface area (Å²) >= 11 is -1.59. The Morgan fingerprint density at radius 1 is 1.50 bits per heavy atom. The molecule has 0 aliphatic carbocycles. The molecule has 0 rings (SSSR count). The minimum absolute atomic E-state index is 0.414. The summed E-state index contributed by atoms with van der Waals surface area (Å²) in [6, 6.07) is 0.